The van der Waals surface area contributed by atoms with Crippen molar-refractivity contribution in [2.24, 2.45) is 5.92 Å². The number of hydrogen-bond donors (Lipinski definition) is 2. The van der Waals surface area contributed by atoms with E-state index in [4.69, 9.17) is 21.3 Å². The molecular weight excluding hydrogens is 547 g/mol. The minimum atomic E-state index is -4.63. The van der Waals surface area contributed by atoms with Crippen LogP contribution in [0.1, 0.15) is 34.2 Å². The first-order chi connectivity index (χ1) is 19.3. The molecule has 9 nitrogen and oxygen atoms in total. The van der Waals surface area contributed by atoms with Crippen LogP contribution in [0.25, 0.3) is 10.9 Å². The number of carbonyl (C=O) groups is 1. The van der Waals surface area contributed by atoms with Gasteiger partial charge in [0.1, 0.15) is 5.82 Å². The third-order valence-corrected chi connectivity index (χ3v) is 8.29. The molecule has 3 aliphatic heterocycles. The minimum Gasteiger partial charge on any atom is -0.379 e. The molecule has 1 amide bonds. The lowest BCUT2D eigenvalue weighted by Gasteiger charge is -2.34. The Hall–Kier alpha value is -3.06. The lowest BCUT2D eigenvalue weighted by atomic mass is 10.1. The van der Waals surface area contributed by atoms with Crippen molar-refractivity contribution in [3.8, 4) is 0 Å². The Bertz CT molecular complexity index is 1370. The maximum Gasteiger partial charge on any atom is 0.451 e. The number of alkyl halides is 3. The third-order valence-electron chi connectivity index (χ3n) is 7.97. The van der Waals surface area contributed by atoms with Crippen LogP contribution in [0, 0.1) is 5.92 Å². The first-order valence-electron chi connectivity index (χ1n) is 13.3. The Morgan fingerprint density at radius 3 is 2.65 bits per heavy atom. The van der Waals surface area contributed by atoms with Crippen LogP contribution in [0.5, 0.6) is 0 Å². The Morgan fingerprint density at radius 1 is 1.15 bits per heavy atom. The van der Waals surface area contributed by atoms with Crippen molar-refractivity contribution in [2.75, 3.05) is 57.4 Å². The van der Waals surface area contributed by atoms with Crippen molar-refractivity contribution in [3.05, 3.63) is 58.6 Å². The maximum atomic E-state index is 13.5. The van der Waals surface area contributed by atoms with Gasteiger partial charge in [0.25, 0.3) is 5.91 Å². The highest BCUT2D eigenvalue weighted by Crippen LogP contribution is 2.32. The van der Waals surface area contributed by atoms with Gasteiger partial charge >= 0.3 is 6.18 Å². The number of fused-ring (bicyclic) bond motifs is 2. The molecule has 40 heavy (non-hydrogen) atoms. The second kappa shape index (κ2) is 11.1. The molecule has 3 aromatic rings. The monoisotopic (exact) mass is 575 g/mol. The van der Waals surface area contributed by atoms with Crippen molar-refractivity contribution < 1.29 is 22.7 Å². The number of nitrogens with one attached hydrogen (secondary N) is 2. The number of rotatable bonds is 6. The van der Waals surface area contributed by atoms with Gasteiger partial charge in [-0.25, -0.2) is 15.0 Å². The lowest BCUT2D eigenvalue weighted by Crippen LogP contribution is -2.44. The fourth-order valence-corrected chi connectivity index (χ4v) is 6.14. The third kappa shape index (κ3) is 5.45. The van der Waals surface area contributed by atoms with Crippen LogP contribution in [0.2, 0.25) is 5.02 Å². The molecule has 0 aliphatic carbocycles. The van der Waals surface area contributed by atoms with Crippen LogP contribution in [0.4, 0.5) is 19.0 Å². The standard InChI is InChI=1S/C27H29ClF3N7O2/c28-19-2-3-20-18(1-4-23(36-20)38-14-16-5-6-32-21(16)15-38)24(19)25(39)33-13-22(37-7-9-40-10-8-37)17-11-34-26(35-12-17)27(29,30)31/h1-4,11-12,16,21-22,32H,5-10,13-15H2,(H,33,39). The highest BCUT2D eigenvalue weighted by Gasteiger charge is 2.37. The van der Waals surface area contributed by atoms with E-state index in [1.807, 2.05) is 23.1 Å². The summed E-state index contributed by atoms with van der Waals surface area (Å²) in [6, 6.07) is 7.31. The van der Waals surface area contributed by atoms with Crippen molar-refractivity contribution in [3.63, 3.8) is 0 Å². The second-order valence-electron chi connectivity index (χ2n) is 10.4. The van der Waals surface area contributed by atoms with Gasteiger partial charge in [0, 0.05) is 62.1 Å². The van der Waals surface area contributed by atoms with E-state index in [0.717, 1.165) is 25.5 Å². The highest BCUT2D eigenvalue weighted by atomic mass is 35.5. The quantitative estimate of drug-likeness (QED) is 0.462. The number of ether oxygens (including phenoxy) is 1. The van der Waals surface area contributed by atoms with Gasteiger partial charge in [-0.2, -0.15) is 13.2 Å². The first-order valence-corrected chi connectivity index (χ1v) is 13.7. The molecule has 3 atom stereocenters. The van der Waals surface area contributed by atoms with E-state index in [1.54, 1.807) is 6.07 Å². The smallest absolute Gasteiger partial charge is 0.379 e. The molecule has 3 saturated heterocycles. The van der Waals surface area contributed by atoms with Gasteiger partial charge in [-0.3, -0.25) is 9.69 Å². The summed E-state index contributed by atoms with van der Waals surface area (Å²) in [6.07, 6.45) is -1.13. The number of hydrogen-bond acceptors (Lipinski definition) is 8. The highest BCUT2D eigenvalue weighted by molar-refractivity contribution is 6.35. The average Bonchev–Trinajstić information content (AvgIpc) is 3.56. The normalized spacial score (nSPS) is 22.4. The van der Waals surface area contributed by atoms with Crippen LogP contribution in [-0.2, 0) is 10.9 Å². The molecule has 2 aromatic heterocycles. The summed E-state index contributed by atoms with van der Waals surface area (Å²) >= 11 is 6.51. The zero-order valence-electron chi connectivity index (χ0n) is 21.6. The van der Waals surface area contributed by atoms with Gasteiger partial charge in [0.05, 0.1) is 35.4 Å². The summed E-state index contributed by atoms with van der Waals surface area (Å²) in [5, 5.41) is 7.41. The Morgan fingerprint density at radius 2 is 1.93 bits per heavy atom. The fraction of sp³-hybridized carbons (Fsp3) is 0.481. The lowest BCUT2D eigenvalue weighted by molar-refractivity contribution is -0.145. The SMILES string of the molecule is O=C(NCC(c1cnc(C(F)(F)F)nc1)N1CCOCC1)c1c(Cl)ccc2nc(N3CC4CCNC4C3)ccc12. The summed E-state index contributed by atoms with van der Waals surface area (Å²) in [6.45, 7) is 5.09. The van der Waals surface area contributed by atoms with Gasteiger partial charge in [0.15, 0.2) is 0 Å². The van der Waals surface area contributed by atoms with Crippen molar-refractivity contribution in [1.82, 2.24) is 30.5 Å². The van der Waals surface area contributed by atoms with Gasteiger partial charge in [0.2, 0.25) is 5.82 Å². The van der Waals surface area contributed by atoms with Gasteiger partial charge in [-0.05, 0) is 43.1 Å². The Kier molecular flexibility index (Phi) is 7.51. The minimum absolute atomic E-state index is 0.120. The van der Waals surface area contributed by atoms with Gasteiger partial charge in [-0.1, -0.05) is 11.6 Å². The van der Waals surface area contributed by atoms with Gasteiger partial charge < -0.3 is 20.3 Å². The summed E-state index contributed by atoms with van der Waals surface area (Å²) < 4.78 is 44.5. The number of pyridine rings is 1. The number of aromatic nitrogens is 3. The number of carbonyl (C=O) groups excluding carboxylic acids is 1. The number of morpholine rings is 1. The maximum absolute atomic E-state index is 13.5. The second-order valence-corrected chi connectivity index (χ2v) is 10.8. The van der Waals surface area contributed by atoms with E-state index in [0.29, 0.717) is 65.3 Å². The zero-order valence-corrected chi connectivity index (χ0v) is 22.4. The number of anilines is 1. The fourth-order valence-electron chi connectivity index (χ4n) is 5.89. The van der Waals surface area contributed by atoms with Crippen LogP contribution >= 0.6 is 11.6 Å². The van der Waals surface area contributed by atoms with E-state index >= 15 is 0 Å². The van der Waals surface area contributed by atoms with Crippen LogP contribution in [0.15, 0.2) is 36.7 Å². The molecular formula is C27H29ClF3N7O2. The molecule has 3 unspecified atom stereocenters. The molecule has 13 heteroatoms. The van der Waals surface area contributed by atoms with Crippen molar-refractivity contribution in [2.45, 2.75) is 24.7 Å². The molecule has 0 radical (unpaired) electrons. The number of benzene rings is 1. The summed E-state index contributed by atoms with van der Waals surface area (Å²) in [5.74, 6) is -0.106. The molecule has 6 rings (SSSR count). The largest absolute Gasteiger partial charge is 0.451 e. The topological polar surface area (TPSA) is 95.5 Å². The van der Waals surface area contributed by atoms with E-state index in [9.17, 15) is 18.0 Å². The molecule has 5 heterocycles. The molecule has 0 spiro atoms. The molecule has 0 bridgehead atoms. The molecule has 0 saturated carbocycles. The Balaban J connectivity index is 1.22. The molecule has 2 N–H and O–H groups in total. The molecule has 3 fully saturated rings. The predicted octanol–water partition coefficient (Wildman–Crippen LogP) is 3.30. The molecule has 1 aromatic carbocycles. The first kappa shape index (κ1) is 27.1. The summed E-state index contributed by atoms with van der Waals surface area (Å²) in [7, 11) is 0. The van der Waals surface area contributed by atoms with Crippen molar-refractivity contribution >= 4 is 34.2 Å². The van der Waals surface area contributed by atoms with E-state index in [-0.39, 0.29) is 6.54 Å². The summed E-state index contributed by atoms with van der Waals surface area (Å²) in [4.78, 5) is 29.7. The molecule has 212 valence electrons. The van der Waals surface area contributed by atoms with E-state index < -0.39 is 23.9 Å². The van der Waals surface area contributed by atoms with E-state index in [1.165, 1.54) is 18.8 Å². The number of halogens is 4. The zero-order chi connectivity index (χ0) is 27.9. The van der Waals surface area contributed by atoms with Crippen LogP contribution in [0.3, 0.4) is 0 Å². The van der Waals surface area contributed by atoms with Crippen molar-refractivity contribution in [1.29, 1.82) is 0 Å². The average molecular weight is 576 g/mol. The Labute approximate surface area is 234 Å². The number of amides is 1. The molecule has 3 aliphatic rings. The predicted molar refractivity (Wildman–Crippen MR) is 143 cm³/mol. The number of nitrogens with zero attached hydrogens (tertiary/aromatic N) is 5. The van der Waals surface area contributed by atoms with Crippen LogP contribution in [-0.4, -0.2) is 84.3 Å². The van der Waals surface area contributed by atoms with E-state index in [2.05, 4.69) is 25.5 Å². The summed E-state index contributed by atoms with van der Waals surface area (Å²) in [5.41, 5.74) is 1.44. The van der Waals surface area contributed by atoms with Crippen LogP contribution < -0.4 is 15.5 Å². The van der Waals surface area contributed by atoms with Gasteiger partial charge in [-0.15, -0.1) is 0 Å².